The summed E-state index contributed by atoms with van der Waals surface area (Å²) in [6.45, 7) is 2.35. The van der Waals surface area contributed by atoms with Crippen molar-refractivity contribution in [2.75, 3.05) is 13.7 Å². The van der Waals surface area contributed by atoms with Gasteiger partial charge in [-0.25, -0.2) is 4.39 Å². The molecular formula is C9H10BrFO2. The Morgan fingerprint density at radius 2 is 2.00 bits per heavy atom. The minimum atomic E-state index is -0.437. The van der Waals surface area contributed by atoms with Gasteiger partial charge in [-0.05, 0) is 35.0 Å². The Hall–Kier alpha value is -0.770. The van der Waals surface area contributed by atoms with Crippen LogP contribution in [0.1, 0.15) is 6.92 Å². The zero-order chi connectivity index (χ0) is 9.84. The summed E-state index contributed by atoms with van der Waals surface area (Å²) in [5.74, 6) is 0.254. The van der Waals surface area contributed by atoms with Crippen LogP contribution >= 0.6 is 15.9 Å². The molecule has 0 atom stereocenters. The first-order valence-corrected chi connectivity index (χ1v) is 4.64. The van der Waals surface area contributed by atoms with Crippen molar-refractivity contribution in [2.45, 2.75) is 6.92 Å². The van der Waals surface area contributed by atoms with Gasteiger partial charge >= 0.3 is 0 Å². The molecule has 2 nitrogen and oxygen atoms in total. The summed E-state index contributed by atoms with van der Waals surface area (Å²) in [5.41, 5.74) is 0. The van der Waals surface area contributed by atoms with E-state index in [2.05, 4.69) is 15.9 Å². The summed E-state index contributed by atoms with van der Waals surface area (Å²) in [4.78, 5) is 0. The minimum Gasteiger partial charge on any atom is -0.494 e. The summed E-state index contributed by atoms with van der Waals surface area (Å²) in [6, 6.07) is 3.20. The van der Waals surface area contributed by atoms with Crippen molar-refractivity contribution in [3.8, 4) is 11.5 Å². The van der Waals surface area contributed by atoms with E-state index in [-0.39, 0.29) is 5.75 Å². The van der Waals surface area contributed by atoms with E-state index in [4.69, 9.17) is 9.47 Å². The first-order valence-electron chi connectivity index (χ1n) is 3.85. The molecule has 1 aromatic carbocycles. The van der Waals surface area contributed by atoms with Crippen LogP contribution in [0.25, 0.3) is 0 Å². The summed E-state index contributed by atoms with van der Waals surface area (Å²) in [6.07, 6.45) is 0. The molecule has 13 heavy (non-hydrogen) atoms. The molecule has 0 aromatic heterocycles. The van der Waals surface area contributed by atoms with Crippen molar-refractivity contribution in [2.24, 2.45) is 0 Å². The molecule has 0 N–H and O–H groups in total. The highest BCUT2D eigenvalue weighted by Gasteiger charge is 2.11. The van der Waals surface area contributed by atoms with E-state index >= 15 is 0 Å². The molecule has 0 heterocycles. The van der Waals surface area contributed by atoms with Gasteiger partial charge in [0.05, 0.1) is 18.2 Å². The Labute approximate surface area is 84.8 Å². The van der Waals surface area contributed by atoms with Gasteiger partial charge in [0.15, 0.2) is 11.6 Å². The Morgan fingerprint density at radius 3 is 2.54 bits per heavy atom. The number of rotatable bonds is 3. The van der Waals surface area contributed by atoms with Gasteiger partial charge < -0.3 is 9.47 Å². The molecule has 0 spiro atoms. The molecule has 4 heteroatoms. The van der Waals surface area contributed by atoms with Gasteiger partial charge in [-0.3, -0.25) is 0 Å². The van der Waals surface area contributed by atoms with E-state index in [1.807, 2.05) is 6.92 Å². The highest BCUT2D eigenvalue weighted by atomic mass is 79.9. The second-order valence-corrected chi connectivity index (χ2v) is 3.12. The van der Waals surface area contributed by atoms with Gasteiger partial charge in [-0.15, -0.1) is 0 Å². The SMILES string of the molecule is CCOc1ccc(OC)c(F)c1Br. The van der Waals surface area contributed by atoms with Gasteiger partial charge in [0.1, 0.15) is 5.75 Å². The van der Waals surface area contributed by atoms with Crippen molar-refractivity contribution in [3.63, 3.8) is 0 Å². The smallest absolute Gasteiger partial charge is 0.182 e. The lowest BCUT2D eigenvalue weighted by Crippen LogP contribution is -1.95. The number of hydrogen-bond acceptors (Lipinski definition) is 2. The lowest BCUT2D eigenvalue weighted by atomic mass is 10.3. The standard InChI is InChI=1S/C9H10BrFO2/c1-3-13-6-4-5-7(12-2)9(11)8(6)10/h4-5H,3H2,1-2H3. The molecule has 1 rings (SSSR count). The average Bonchev–Trinajstić information content (AvgIpc) is 2.14. The highest BCUT2D eigenvalue weighted by molar-refractivity contribution is 9.10. The molecular weight excluding hydrogens is 239 g/mol. The fraction of sp³-hybridized carbons (Fsp3) is 0.333. The molecule has 0 aliphatic carbocycles. The molecule has 1 aromatic rings. The third kappa shape index (κ3) is 2.12. The molecule has 0 saturated carbocycles. The molecule has 0 saturated heterocycles. The van der Waals surface area contributed by atoms with Crippen LogP contribution < -0.4 is 9.47 Å². The normalized spacial score (nSPS) is 9.85. The molecule has 0 aliphatic heterocycles. The van der Waals surface area contributed by atoms with E-state index in [0.717, 1.165) is 0 Å². The quantitative estimate of drug-likeness (QED) is 0.819. The monoisotopic (exact) mass is 248 g/mol. The van der Waals surface area contributed by atoms with Crippen molar-refractivity contribution in [1.82, 2.24) is 0 Å². The molecule has 0 amide bonds. The first-order chi connectivity index (χ1) is 6.20. The number of benzene rings is 1. The van der Waals surface area contributed by atoms with Crippen LogP contribution in [-0.4, -0.2) is 13.7 Å². The van der Waals surface area contributed by atoms with Crippen LogP contribution in [0, 0.1) is 5.82 Å². The van der Waals surface area contributed by atoms with E-state index in [9.17, 15) is 4.39 Å². The zero-order valence-electron chi connectivity index (χ0n) is 7.43. The average molecular weight is 249 g/mol. The second-order valence-electron chi connectivity index (χ2n) is 2.33. The molecule has 0 unspecified atom stereocenters. The number of hydrogen-bond donors (Lipinski definition) is 0. The third-order valence-corrected chi connectivity index (χ3v) is 2.27. The minimum absolute atomic E-state index is 0.204. The Balaban J connectivity index is 3.07. The molecule has 0 aliphatic rings. The lowest BCUT2D eigenvalue weighted by Gasteiger charge is -2.08. The van der Waals surface area contributed by atoms with Crippen LogP contribution in [0.3, 0.4) is 0 Å². The number of methoxy groups -OCH3 is 1. The number of halogens is 2. The molecule has 72 valence electrons. The van der Waals surface area contributed by atoms with E-state index < -0.39 is 5.82 Å². The van der Waals surface area contributed by atoms with Gasteiger partial charge in [0.2, 0.25) is 0 Å². The largest absolute Gasteiger partial charge is 0.494 e. The summed E-state index contributed by atoms with van der Waals surface area (Å²) < 4.78 is 23.6. The lowest BCUT2D eigenvalue weighted by molar-refractivity contribution is 0.331. The highest BCUT2D eigenvalue weighted by Crippen LogP contribution is 2.33. The van der Waals surface area contributed by atoms with Crippen LogP contribution in [0.2, 0.25) is 0 Å². The van der Waals surface area contributed by atoms with Crippen molar-refractivity contribution >= 4 is 15.9 Å². The maximum absolute atomic E-state index is 13.3. The Bertz CT molecular complexity index is 302. The fourth-order valence-corrected chi connectivity index (χ4v) is 1.38. The maximum atomic E-state index is 13.3. The molecule has 0 radical (unpaired) electrons. The fourth-order valence-electron chi connectivity index (χ4n) is 0.939. The third-order valence-electron chi connectivity index (χ3n) is 1.53. The van der Waals surface area contributed by atoms with Crippen LogP contribution in [0.5, 0.6) is 11.5 Å². The summed E-state index contributed by atoms with van der Waals surface area (Å²) in [5, 5.41) is 0. The summed E-state index contributed by atoms with van der Waals surface area (Å²) in [7, 11) is 1.42. The molecule has 0 fully saturated rings. The Kier molecular flexibility index (Phi) is 3.54. The maximum Gasteiger partial charge on any atom is 0.182 e. The summed E-state index contributed by atoms with van der Waals surface area (Å²) >= 11 is 3.09. The van der Waals surface area contributed by atoms with Crippen molar-refractivity contribution in [3.05, 3.63) is 22.4 Å². The van der Waals surface area contributed by atoms with Gasteiger partial charge in [0, 0.05) is 0 Å². The zero-order valence-corrected chi connectivity index (χ0v) is 9.02. The number of ether oxygens (including phenoxy) is 2. The predicted molar refractivity (Wildman–Crippen MR) is 51.8 cm³/mol. The Morgan fingerprint density at radius 1 is 1.38 bits per heavy atom. The second kappa shape index (κ2) is 4.46. The van der Waals surface area contributed by atoms with E-state index in [1.54, 1.807) is 6.07 Å². The van der Waals surface area contributed by atoms with Gasteiger partial charge in [-0.1, -0.05) is 0 Å². The first kappa shape index (κ1) is 10.3. The predicted octanol–water partition coefficient (Wildman–Crippen LogP) is 3.00. The van der Waals surface area contributed by atoms with Crippen LogP contribution in [0.4, 0.5) is 4.39 Å². The van der Waals surface area contributed by atoms with Gasteiger partial charge in [-0.2, -0.15) is 0 Å². The van der Waals surface area contributed by atoms with Crippen LogP contribution in [-0.2, 0) is 0 Å². The molecule has 0 bridgehead atoms. The van der Waals surface area contributed by atoms with Crippen LogP contribution in [0.15, 0.2) is 16.6 Å². The van der Waals surface area contributed by atoms with Gasteiger partial charge in [0.25, 0.3) is 0 Å². The van der Waals surface area contributed by atoms with E-state index in [0.29, 0.717) is 16.8 Å². The van der Waals surface area contributed by atoms with Crippen molar-refractivity contribution < 1.29 is 13.9 Å². The van der Waals surface area contributed by atoms with E-state index in [1.165, 1.54) is 13.2 Å². The topological polar surface area (TPSA) is 18.5 Å². The van der Waals surface area contributed by atoms with Crippen molar-refractivity contribution in [1.29, 1.82) is 0 Å².